The first-order valence-corrected chi connectivity index (χ1v) is 4.30. The van der Waals surface area contributed by atoms with Crippen LogP contribution in [0.25, 0.3) is 0 Å². The molecule has 0 saturated heterocycles. The fourth-order valence-corrected chi connectivity index (χ4v) is 1.07. The number of amides is 1. The summed E-state index contributed by atoms with van der Waals surface area (Å²) in [6.45, 7) is 1.56. The van der Waals surface area contributed by atoms with Crippen molar-refractivity contribution in [1.82, 2.24) is 14.5 Å². The third-order valence-electron chi connectivity index (χ3n) is 2.01. The van der Waals surface area contributed by atoms with Crippen LogP contribution in [0.3, 0.4) is 0 Å². The van der Waals surface area contributed by atoms with E-state index in [0.717, 1.165) is 6.20 Å². The number of hydrogen-bond donors (Lipinski definition) is 0. The minimum absolute atomic E-state index is 0.0604. The highest BCUT2D eigenvalue weighted by Crippen LogP contribution is 2.13. The van der Waals surface area contributed by atoms with E-state index in [-0.39, 0.29) is 18.3 Å². The topological polar surface area (TPSA) is 81.3 Å². The molecule has 0 N–H and O–H groups in total. The molecule has 0 unspecified atom stereocenters. The fraction of sp³-hybridized carbons (Fsp3) is 0.500. The molecule has 82 valence electrons. The standard InChI is InChI=1S/C8H12N4O3/c1-6-9-4-7(12(14)15)11(6)5-8(13)10(2)3/h4H,5H2,1-3H3. The highest BCUT2D eigenvalue weighted by molar-refractivity contribution is 5.75. The van der Waals surface area contributed by atoms with Crippen LogP contribution in [0.2, 0.25) is 0 Å². The summed E-state index contributed by atoms with van der Waals surface area (Å²) in [6.07, 6.45) is 1.15. The zero-order valence-corrected chi connectivity index (χ0v) is 8.80. The van der Waals surface area contributed by atoms with Crippen LogP contribution in [-0.2, 0) is 11.3 Å². The van der Waals surface area contributed by atoms with Crippen molar-refractivity contribution in [3.05, 3.63) is 22.1 Å². The second kappa shape index (κ2) is 4.07. The van der Waals surface area contributed by atoms with Crippen molar-refractivity contribution in [1.29, 1.82) is 0 Å². The Morgan fingerprint density at radius 2 is 2.27 bits per heavy atom. The fourth-order valence-electron chi connectivity index (χ4n) is 1.07. The van der Waals surface area contributed by atoms with Gasteiger partial charge in [0.1, 0.15) is 6.20 Å². The number of imidazole rings is 1. The molecule has 0 aliphatic rings. The normalized spacial score (nSPS) is 10.1. The van der Waals surface area contributed by atoms with Crippen LogP contribution in [0.1, 0.15) is 5.82 Å². The Balaban J connectivity index is 2.98. The highest BCUT2D eigenvalue weighted by Gasteiger charge is 2.20. The van der Waals surface area contributed by atoms with Crippen LogP contribution in [0, 0.1) is 17.0 Å². The van der Waals surface area contributed by atoms with Crippen LogP contribution in [0.4, 0.5) is 5.82 Å². The molecule has 0 aliphatic carbocycles. The lowest BCUT2D eigenvalue weighted by Gasteiger charge is -2.09. The van der Waals surface area contributed by atoms with Crippen molar-refractivity contribution >= 4 is 11.7 Å². The van der Waals surface area contributed by atoms with E-state index in [1.54, 1.807) is 21.0 Å². The number of rotatable bonds is 3. The van der Waals surface area contributed by atoms with Gasteiger partial charge in [-0.2, -0.15) is 0 Å². The summed E-state index contributed by atoms with van der Waals surface area (Å²) in [5, 5.41) is 10.6. The van der Waals surface area contributed by atoms with Gasteiger partial charge in [0, 0.05) is 21.0 Å². The molecule has 0 atom stereocenters. The van der Waals surface area contributed by atoms with E-state index >= 15 is 0 Å². The summed E-state index contributed by atoms with van der Waals surface area (Å²) < 4.78 is 1.28. The Morgan fingerprint density at radius 1 is 1.67 bits per heavy atom. The summed E-state index contributed by atoms with van der Waals surface area (Å²) in [7, 11) is 3.20. The van der Waals surface area contributed by atoms with Gasteiger partial charge in [-0.1, -0.05) is 0 Å². The van der Waals surface area contributed by atoms with E-state index in [1.165, 1.54) is 9.47 Å². The zero-order valence-electron chi connectivity index (χ0n) is 8.80. The van der Waals surface area contributed by atoms with Gasteiger partial charge in [0.2, 0.25) is 0 Å². The second-order valence-corrected chi connectivity index (χ2v) is 3.30. The summed E-state index contributed by atoms with van der Waals surface area (Å²) >= 11 is 0. The number of hydrogen-bond acceptors (Lipinski definition) is 4. The Morgan fingerprint density at radius 3 is 2.73 bits per heavy atom. The minimum atomic E-state index is -0.553. The van der Waals surface area contributed by atoms with Crippen molar-refractivity contribution in [3.63, 3.8) is 0 Å². The second-order valence-electron chi connectivity index (χ2n) is 3.30. The van der Waals surface area contributed by atoms with Crippen molar-refractivity contribution < 1.29 is 9.72 Å². The molecule has 1 aromatic rings. The number of carbonyl (C=O) groups is 1. The van der Waals surface area contributed by atoms with Crippen LogP contribution in [0.5, 0.6) is 0 Å². The van der Waals surface area contributed by atoms with E-state index in [0.29, 0.717) is 5.82 Å². The number of likely N-dealkylation sites (N-methyl/N-ethyl adjacent to an activating group) is 1. The molecule has 0 bridgehead atoms. The lowest BCUT2D eigenvalue weighted by atomic mass is 10.5. The first-order chi connectivity index (χ1) is 6.93. The zero-order chi connectivity index (χ0) is 11.6. The largest absolute Gasteiger partial charge is 0.358 e. The maximum absolute atomic E-state index is 11.4. The molecule has 1 rings (SSSR count). The maximum atomic E-state index is 11.4. The number of nitrogens with zero attached hydrogens (tertiary/aromatic N) is 4. The molecule has 0 spiro atoms. The maximum Gasteiger partial charge on any atom is 0.343 e. The molecule has 0 radical (unpaired) electrons. The lowest BCUT2D eigenvalue weighted by molar-refractivity contribution is -0.392. The average Bonchev–Trinajstić information content (AvgIpc) is 2.48. The first kappa shape index (κ1) is 11.2. The van der Waals surface area contributed by atoms with Crippen LogP contribution >= 0.6 is 0 Å². The van der Waals surface area contributed by atoms with Gasteiger partial charge in [0.25, 0.3) is 5.91 Å². The van der Waals surface area contributed by atoms with Crippen molar-refractivity contribution in [3.8, 4) is 0 Å². The van der Waals surface area contributed by atoms with Gasteiger partial charge >= 0.3 is 5.82 Å². The van der Waals surface area contributed by atoms with Crippen molar-refractivity contribution in [2.75, 3.05) is 14.1 Å². The van der Waals surface area contributed by atoms with E-state index in [1.807, 2.05) is 0 Å². The van der Waals surface area contributed by atoms with E-state index in [4.69, 9.17) is 0 Å². The molecule has 7 heteroatoms. The smallest absolute Gasteiger partial charge is 0.343 e. The molecule has 1 amide bonds. The summed E-state index contributed by atoms with van der Waals surface area (Å²) in [4.78, 5) is 26.6. The van der Waals surface area contributed by atoms with Crippen LogP contribution < -0.4 is 0 Å². The Hall–Kier alpha value is -1.92. The predicted octanol–water partition coefficient (Wildman–Crippen LogP) is 0.188. The van der Waals surface area contributed by atoms with Crippen LogP contribution in [-0.4, -0.2) is 39.4 Å². The minimum Gasteiger partial charge on any atom is -0.358 e. The van der Waals surface area contributed by atoms with Gasteiger partial charge in [-0.25, -0.2) is 9.55 Å². The number of aryl methyl sites for hydroxylation is 1. The summed E-state index contributed by atoms with van der Waals surface area (Å²) in [5.41, 5.74) is 0. The van der Waals surface area contributed by atoms with Gasteiger partial charge in [-0.3, -0.25) is 4.79 Å². The molecule has 0 aromatic carbocycles. The van der Waals surface area contributed by atoms with Gasteiger partial charge in [0.05, 0.1) is 0 Å². The number of carbonyl (C=O) groups excluding carboxylic acids is 1. The summed E-state index contributed by atoms with van der Waals surface area (Å²) in [6, 6.07) is 0. The molecule has 1 heterocycles. The van der Waals surface area contributed by atoms with Gasteiger partial charge in [-0.05, 0) is 4.92 Å². The third kappa shape index (κ3) is 2.30. The molecule has 0 fully saturated rings. The van der Waals surface area contributed by atoms with Crippen molar-refractivity contribution in [2.45, 2.75) is 13.5 Å². The Bertz CT molecular complexity index is 397. The van der Waals surface area contributed by atoms with Crippen LogP contribution in [0.15, 0.2) is 6.20 Å². The average molecular weight is 212 g/mol. The molecule has 15 heavy (non-hydrogen) atoms. The SMILES string of the molecule is Cc1ncc([N+](=O)[O-])n1CC(=O)N(C)C. The molecular weight excluding hydrogens is 200 g/mol. The molecule has 1 aromatic heterocycles. The molecule has 7 nitrogen and oxygen atoms in total. The quantitative estimate of drug-likeness (QED) is 0.529. The number of aromatic nitrogens is 2. The number of nitro groups is 1. The lowest BCUT2D eigenvalue weighted by Crippen LogP contribution is -2.27. The van der Waals surface area contributed by atoms with Gasteiger partial charge in [-0.15, -0.1) is 0 Å². The molecule has 0 aliphatic heterocycles. The van der Waals surface area contributed by atoms with Gasteiger partial charge in [0.15, 0.2) is 12.4 Å². The van der Waals surface area contributed by atoms with Crippen molar-refractivity contribution in [2.24, 2.45) is 0 Å². The first-order valence-electron chi connectivity index (χ1n) is 4.30. The van der Waals surface area contributed by atoms with E-state index in [9.17, 15) is 14.9 Å². The Labute approximate surface area is 86.5 Å². The monoisotopic (exact) mass is 212 g/mol. The Kier molecular flexibility index (Phi) is 3.03. The van der Waals surface area contributed by atoms with E-state index in [2.05, 4.69) is 4.98 Å². The summed E-state index contributed by atoms with van der Waals surface area (Å²) in [5.74, 6) is 0.0822. The van der Waals surface area contributed by atoms with E-state index < -0.39 is 4.92 Å². The van der Waals surface area contributed by atoms with Gasteiger partial charge < -0.3 is 15.0 Å². The highest BCUT2D eigenvalue weighted by atomic mass is 16.6. The molecule has 0 saturated carbocycles. The molecular formula is C8H12N4O3. The predicted molar refractivity (Wildman–Crippen MR) is 52.3 cm³/mol. The third-order valence-corrected chi connectivity index (χ3v) is 2.01.